The molecule has 0 spiro atoms. The maximum Gasteiger partial charge on any atom is 0.275 e. The molecule has 0 saturated carbocycles. The zero-order valence-electron chi connectivity index (χ0n) is 11.1. The summed E-state index contributed by atoms with van der Waals surface area (Å²) in [4.78, 5) is 20.2. The van der Waals surface area contributed by atoms with Crippen molar-refractivity contribution in [2.24, 2.45) is 0 Å². The molecule has 1 amide bonds. The maximum atomic E-state index is 12.3. The van der Waals surface area contributed by atoms with Gasteiger partial charge >= 0.3 is 0 Å². The molecule has 3 aromatic rings. The highest BCUT2D eigenvalue weighted by Gasteiger charge is 2.15. The number of nitrogens with one attached hydrogen (secondary N) is 1. The Morgan fingerprint density at radius 2 is 1.95 bits per heavy atom. The Morgan fingerprint density at radius 1 is 1.14 bits per heavy atom. The summed E-state index contributed by atoms with van der Waals surface area (Å²) >= 11 is 11.8. The van der Waals surface area contributed by atoms with E-state index in [1.807, 2.05) is 6.07 Å². The van der Waals surface area contributed by atoms with Crippen LogP contribution in [0, 0.1) is 0 Å². The Kier molecular flexibility index (Phi) is 4.04. The summed E-state index contributed by atoms with van der Waals surface area (Å²) in [7, 11) is 0. The Labute approximate surface area is 135 Å². The first kappa shape index (κ1) is 14.5. The molecule has 0 fully saturated rings. The summed E-state index contributed by atoms with van der Waals surface area (Å²) in [5.41, 5.74) is 1.28. The summed E-state index contributed by atoms with van der Waals surface area (Å²) in [6, 6.07) is 10.2. The number of carbonyl (C=O) groups is 1. The number of pyridine rings is 1. The number of halogens is 2. The molecule has 0 atom stereocenters. The molecule has 2 aromatic heterocycles. The number of benzene rings is 1. The highest BCUT2D eigenvalue weighted by molar-refractivity contribution is 6.35. The lowest BCUT2D eigenvalue weighted by Gasteiger charge is -2.11. The number of nitrogens with zero attached hydrogens (tertiary/aromatic N) is 4. The standard InChI is InChI=1S/C14H9Cl2N5O/c15-9-5-6-12(16)20-13(9)14(22)19-10-3-1-2-4-11(10)21-8-17-7-18-21/h1-8H,(H,19,22). The molecule has 8 heteroatoms. The van der Waals surface area contributed by atoms with Gasteiger partial charge in [-0.1, -0.05) is 35.3 Å². The van der Waals surface area contributed by atoms with E-state index in [2.05, 4.69) is 20.4 Å². The molecule has 0 saturated heterocycles. The second-order valence-corrected chi connectivity index (χ2v) is 5.07. The zero-order chi connectivity index (χ0) is 15.5. The predicted octanol–water partition coefficient (Wildman–Crippen LogP) is 3.22. The molecule has 1 N–H and O–H groups in total. The average Bonchev–Trinajstić information content (AvgIpc) is 3.04. The highest BCUT2D eigenvalue weighted by Crippen LogP contribution is 2.22. The van der Waals surface area contributed by atoms with E-state index >= 15 is 0 Å². The lowest BCUT2D eigenvalue weighted by molar-refractivity contribution is 0.102. The van der Waals surface area contributed by atoms with Crippen LogP contribution in [0.4, 0.5) is 5.69 Å². The average molecular weight is 334 g/mol. The van der Waals surface area contributed by atoms with Crippen LogP contribution >= 0.6 is 23.2 Å². The van der Waals surface area contributed by atoms with Crippen molar-refractivity contribution >= 4 is 34.8 Å². The van der Waals surface area contributed by atoms with E-state index in [9.17, 15) is 4.79 Å². The number of rotatable bonds is 3. The maximum absolute atomic E-state index is 12.3. The third-order valence-corrected chi connectivity index (χ3v) is 3.36. The molecule has 0 radical (unpaired) electrons. The van der Waals surface area contributed by atoms with E-state index < -0.39 is 5.91 Å². The van der Waals surface area contributed by atoms with Crippen molar-refractivity contribution in [3.63, 3.8) is 0 Å². The zero-order valence-corrected chi connectivity index (χ0v) is 12.6. The monoisotopic (exact) mass is 333 g/mol. The van der Waals surface area contributed by atoms with Crippen LogP contribution in [0.2, 0.25) is 10.2 Å². The summed E-state index contributed by atoms with van der Waals surface area (Å²) in [6.07, 6.45) is 2.95. The fraction of sp³-hybridized carbons (Fsp3) is 0. The lowest BCUT2D eigenvalue weighted by Crippen LogP contribution is -2.16. The first-order valence-corrected chi connectivity index (χ1v) is 6.98. The molecule has 6 nitrogen and oxygen atoms in total. The molecule has 22 heavy (non-hydrogen) atoms. The quantitative estimate of drug-likeness (QED) is 0.747. The van der Waals surface area contributed by atoms with E-state index in [1.165, 1.54) is 24.8 Å². The minimum atomic E-state index is -0.458. The van der Waals surface area contributed by atoms with E-state index in [1.54, 1.807) is 22.9 Å². The number of anilines is 1. The fourth-order valence-electron chi connectivity index (χ4n) is 1.87. The van der Waals surface area contributed by atoms with Crippen LogP contribution in [-0.4, -0.2) is 25.7 Å². The predicted molar refractivity (Wildman–Crippen MR) is 83.6 cm³/mol. The topological polar surface area (TPSA) is 72.7 Å². The van der Waals surface area contributed by atoms with E-state index in [4.69, 9.17) is 23.2 Å². The molecule has 110 valence electrons. The van der Waals surface area contributed by atoms with Crippen LogP contribution in [0.5, 0.6) is 0 Å². The number of amides is 1. The number of para-hydroxylation sites is 2. The fourth-order valence-corrected chi connectivity index (χ4v) is 2.21. The molecule has 0 bridgehead atoms. The minimum absolute atomic E-state index is 0.0579. The molecule has 2 heterocycles. The van der Waals surface area contributed by atoms with Crippen molar-refractivity contribution in [1.82, 2.24) is 19.7 Å². The van der Waals surface area contributed by atoms with Gasteiger partial charge in [-0.2, -0.15) is 5.10 Å². The normalized spacial score (nSPS) is 10.5. The van der Waals surface area contributed by atoms with Crippen LogP contribution in [0.1, 0.15) is 10.5 Å². The van der Waals surface area contributed by atoms with Crippen LogP contribution in [0.3, 0.4) is 0 Å². The molecule has 0 aliphatic carbocycles. The molecule has 0 aliphatic rings. The van der Waals surface area contributed by atoms with E-state index in [-0.39, 0.29) is 15.9 Å². The third kappa shape index (κ3) is 2.93. The summed E-state index contributed by atoms with van der Waals surface area (Å²) in [5.74, 6) is -0.458. The second-order valence-electron chi connectivity index (χ2n) is 4.28. The molecular weight excluding hydrogens is 325 g/mol. The van der Waals surface area contributed by atoms with Crippen molar-refractivity contribution < 1.29 is 4.79 Å². The van der Waals surface area contributed by atoms with Crippen molar-refractivity contribution in [2.75, 3.05) is 5.32 Å². The van der Waals surface area contributed by atoms with Gasteiger partial charge in [0.1, 0.15) is 23.5 Å². The Bertz CT molecular complexity index is 820. The highest BCUT2D eigenvalue weighted by atomic mass is 35.5. The minimum Gasteiger partial charge on any atom is -0.319 e. The number of hydrogen-bond acceptors (Lipinski definition) is 4. The Morgan fingerprint density at radius 3 is 2.73 bits per heavy atom. The summed E-state index contributed by atoms with van der Waals surface area (Å²) in [5, 5.41) is 7.22. The second kappa shape index (κ2) is 6.13. The van der Waals surface area contributed by atoms with Crippen LogP contribution < -0.4 is 5.32 Å². The van der Waals surface area contributed by atoms with Crippen molar-refractivity contribution in [2.45, 2.75) is 0 Å². The van der Waals surface area contributed by atoms with Gasteiger partial charge in [-0.15, -0.1) is 0 Å². The van der Waals surface area contributed by atoms with Gasteiger partial charge in [0.15, 0.2) is 0 Å². The van der Waals surface area contributed by atoms with Crippen molar-refractivity contribution in [3.8, 4) is 5.69 Å². The van der Waals surface area contributed by atoms with Gasteiger partial charge in [0, 0.05) is 0 Å². The molecular formula is C14H9Cl2N5O. The Hall–Kier alpha value is -2.44. The van der Waals surface area contributed by atoms with Gasteiger partial charge in [0.2, 0.25) is 0 Å². The summed E-state index contributed by atoms with van der Waals surface area (Å²) in [6.45, 7) is 0. The van der Waals surface area contributed by atoms with Crippen LogP contribution in [0.25, 0.3) is 5.69 Å². The van der Waals surface area contributed by atoms with Crippen LogP contribution in [-0.2, 0) is 0 Å². The number of carbonyl (C=O) groups excluding carboxylic acids is 1. The van der Waals surface area contributed by atoms with Gasteiger partial charge in [0.05, 0.1) is 16.4 Å². The lowest BCUT2D eigenvalue weighted by atomic mass is 10.2. The van der Waals surface area contributed by atoms with E-state index in [0.717, 1.165) is 0 Å². The third-order valence-electron chi connectivity index (χ3n) is 2.84. The smallest absolute Gasteiger partial charge is 0.275 e. The first-order chi connectivity index (χ1) is 10.6. The van der Waals surface area contributed by atoms with Crippen molar-refractivity contribution in [3.05, 3.63) is 64.9 Å². The molecule has 3 rings (SSSR count). The molecule has 0 unspecified atom stereocenters. The van der Waals surface area contributed by atoms with Gasteiger partial charge in [-0.3, -0.25) is 4.79 Å². The Balaban J connectivity index is 1.94. The largest absolute Gasteiger partial charge is 0.319 e. The van der Waals surface area contributed by atoms with Gasteiger partial charge in [-0.05, 0) is 24.3 Å². The van der Waals surface area contributed by atoms with Crippen molar-refractivity contribution in [1.29, 1.82) is 0 Å². The SMILES string of the molecule is O=C(Nc1ccccc1-n1cncn1)c1nc(Cl)ccc1Cl. The molecule has 0 aliphatic heterocycles. The molecule has 1 aromatic carbocycles. The van der Waals surface area contributed by atoms with E-state index in [0.29, 0.717) is 11.4 Å². The first-order valence-electron chi connectivity index (χ1n) is 6.22. The van der Waals surface area contributed by atoms with Gasteiger partial charge in [-0.25, -0.2) is 14.6 Å². The van der Waals surface area contributed by atoms with Crippen LogP contribution in [0.15, 0.2) is 49.1 Å². The van der Waals surface area contributed by atoms with Gasteiger partial charge < -0.3 is 5.32 Å². The number of aromatic nitrogens is 4. The number of hydrogen-bond donors (Lipinski definition) is 1. The van der Waals surface area contributed by atoms with Gasteiger partial charge in [0.25, 0.3) is 5.91 Å². The summed E-state index contributed by atoms with van der Waals surface area (Å²) < 4.78 is 1.54.